The Kier molecular flexibility index (Phi) is 4.34. The molecule has 1 N–H and O–H groups in total. The number of aryl methyl sites for hydroxylation is 1. The number of piperidine rings is 1. The fourth-order valence-corrected chi connectivity index (χ4v) is 3.98. The van der Waals surface area contributed by atoms with Gasteiger partial charge in [-0.3, -0.25) is 4.79 Å². The van der Waals surface area contributed by atoms with Crippen molar-refractivity contribution in [2.75, 3.05) is 26.2 Å². The normalized spacial score (nSPS) is 21.0. The van der Waals surface area contributed by atoms with Crippen LogP contribution in [0.15, 0.2) is 36.5 Å². The highest BCUT2D eigenvalue weighted by Gasteiger charge is 2.32. The van der Waals surface area contributed by atoms with Crippen molar-refractivity contribution >= 4 is 22.8 Å². The molecule has 2 saturated heterocycles. The molecule has 3 heterocycles. The minimum absolute atomic E-state index is 0.0121. The number of carbonyl (C=O) groups is 2. The molecule has 1 aromatic carbocycles. The van der Waals surface area contributed by atoms with Gasteiger partial charge in [-0.1, -0.05) is 18.2 Å². The summed E-state index contributed by atoms with van der Waals surface area (Å²) >= 11 is 0. The molecular weight excluding hydrogens is 316 g/mol. The summed E-state index contributed by atoms with van der Waals surface area (Å²) in [6.45, 7) is 3.62. The van der Waals surface area contributed by atoms with E-state index >= 15 is 0 Å². The van der Waals surface area contributed by atoms with E-state index in [2.05, 4.69) is 28.1 Å². The van der Waals surface area contributed by atoms with Gasteiger partial charge in [0.1, 0.15) is 0 Å². The van der Waals surface area contributed by atoms with Gasteiger partial charge in [-0.2, -0.15) is 0 Å². The average Bonchev–Trinajstić information content (AvgIpc) is 3.26. The number of benzene rings is 1. The Balaban J connectivity index is 1.36. The number of urea groups is 1. The molecular formula is C19H24N4O2. The van der Waals surface area contributed by atoms with Crippen LogP contribution in [0.5, 0.6) is 0 Å². The molecule has 2 aliphatic rings. The van der Waals surface area contributed by atoms with Gasteiger partial charge in [0.2, 0.25) is 5.91 Å². The first-order chi connectivity index (χ1) is 12.2. The van der Waals surface area contributed by atoms with E-state index in [1.165, 1.54) is 10.9 Å². The number of rotatable bonds is 4. The maximum absolute atomic E-state index is 12.7. The summed E-state index contributed by atoms with van der Waals surface area (Å²) in [5.41, 5.74) is 1.17. The Morgan fingerprint density at radius 3 is 2.92 bits per heavy atom. The van der Waals surface area contributed by atoms with E-state index in [1.54, 1.807) is 0 Å². The molecule has 2 fully saturated rings. The van der Waals surface area contributed by atoms with Gasteiger partial charge in [-0.15, -0.1) is 0 Å². The maximum atomic E-state index is 12.7. The van der Waals surface area contributed by atoms with E-state index in [0.717, 1.165) is 25.9 Å². The Labute approximate surface area is 147 Å². The molecule has 0 bridgehead atoms. The highest BCUT2D eigenvalue weighted by atomic mass is 16.2. The van der Waals surface area contributed by atoms with E-state index < -0.39 is 0 Å². The summed E-state index contributed by atoms with van der Waals surface area (Å²) in [5, 5.41) is 4.05. The third-order valence-corrected chi connectivity index (χ3v) is 5.33. The van der Waals surface area contributed by atoms with Gasteiger partial charge in [0, 0.05) is 50.9 Å². The van der Waals surface area contributed by atoms with Crippen molar-refractivity contribution in [2.45, 2.75) is 31.8 Å². The molecule has 4 rings (SSSR count). The number of nitrogens with one attached hydrogen (secondary N) is 1. The molecule has 0 unspecified atom stereocenters. The van der Waals surface area contributed by atoms with Crippen molar-refractivity contribution in [3.8, 4) is 0 Å². The number of nitrogens with zero attached hydrogens (tertiary/aromatic N) is 3. The summed E-state index contributed by atoms with van der Waals surface area (Å²) in [6.07, 6.45) is 4.50. The quantitative estimate of drug-likeness (QED) is 0.926. The third-order valence-electron chi connectivity index (χ3n) is 5.33. The molecule has 6 nitrogen and oxygen atoms in total. The van der Waals surface area contributed by atoms with Crippen molar-refractivity contribution in [3.63, 3.8) is 0 Å². The van der Waals surface area contributed by atoms with Crippen LogP contribution >= 0.6 is 0 Å². The van der Waals surface area contributed by atoms with E-state index in [0.29, 0.717) is 26.1 Å². The van der Waals surface area contributed by atoms with Crippen LogP contribution in [0.3, 0.4) is 0 Å². The first-order valence-electron chi connectivity index (χ1n) is 9.08. The minimum atomic E-state index is 0.0121. The average molecular weight is 340 g/mol. The first-order valence-corrected chi connectivity index (χ1v) is 9.08. The lowest BCUT2D eigenvalue weighted by Crippen LogP contribution is -2.50. The van der Waals surface area contributed by atoms with Crippen LogP contribution in [0.25, 0.3) is 10.9 Å². The van der Waals surface area contributed by atoms with Crippen LogP contribution in [0.4, 0.5) is 4.79 Å². The monoisotopic (exact) mass is 340 g/mol. The van der Waals surface area contributed by atoms with Crippen LogP contribution in [-0.4, -0.2) is 58.5 Å². The van der Waals surface area contributed by atoms with Crippen molar-refractivity contribution in [2.24, 2.45) is 0 Å². The molecule has 0 saturated carbocycles. The molecule has 1 atom stereocenters. The van der Waals surface area contributed by atoms with Crippen LogP contribution in [0, 0.1) is 0 Å². The van der Waals surface area contributed by atoms with E-state index in [-0.39, 0.29) is 18.0 Å². The smallest absolute Gasteiger partial charge is 0.317 e. The Morgan fingerprint density at radius 2 is 2.08 bits per heavy atom. The van der Waals surface area contributed by atoms with Gasteiger partial charge >= 0.3 is 6.03 Å². The number of likely N-dealkylation sites (tertiary alicyclic amines) is 1. The minimum Gasteiger partial charge on any atom is -0.347 e. The number of hydrogen-bond donors (Lipinski definition) is 1. The summed E-state index contributed by atoms with van der Waals surface area (Å²) in [6, 6.07) is 10.5. The molecule has 0 aliphatic carbocycles. The van der Waals surface area contributed by atoms with Gasteiger partial charge in [0.05, 0.1) is 6.04 Å². The molecule has 3 amide bonds. The lowest BCUT2D eigenvalue weighted by Gasteiger charge is -2.37. The number of hydrogen-bond acceptors (Lipinski definition) is 2. The molecule has 132 valence electrons. The standard InChI is InChI=1S/C19H24N4O2/c24-18(8-12-21-11-7-15-4-1-2-6-17(15)21)22-10-3-5-16(14-22)23-13-9-20-19(23)25/h1-2,4,6-7,11,16H,3,5,8-10,12-14H2,(H,20,25)/t16-/m1/s1. The van der Waals surface area contributed by atoms with E-state index in [9.17, 15) is 9.59 Å². The predicted octanol–water partition coefficient (Wildman–Crippen LogP) is 2.05. The molecule has 6 heteroatoms. The number of carbonyl (C=O) groups excluding carboxylic acids is 2. The fraction of sp³-hybridized carbons (Fsp3) is 0.474. The van der Waals surface area contributed by atoms with E-state index in [1.807, 2.05) is 28.1 Å². The van der Waals surface area contributed by atoms with Gasteiger partial charge in [0.25, 0.3) is 0 Å². The molecule has 2 aromatic rings. The van der Waals surface area contributed by atoms with Crippen LogP contribution in [0.2, 0.25) is 0 Å². The summed E-state index contributed by atoms with van der Waals surface area (Å²) in [5.74, 6) is 0.182. The van der Waals surface area contributed by atoms with Crippen LogP contribution in [0.1, 0.15) is 19.3 Å². The van der Waals surface area contributed by atoms with Gasteiger partial charge in [0.15, 0.2) is 0 Å². The van der Waals surface area contributed by atoms with Crippen LogP contribution in [-0.2, 0) is 11.3 Å². The number of aromatic nitrogens is 1. The predicted molar refractivity (Wildman–Crippen MR) is 96.3 cm³/mol. The summed E-state index contributed by atoms with van der Waals surface area (Å²) in [4.78, 5) is 28.4. The number of amides is 3. The van der Waals surface area contributed by atoms with Crippen molar-refractivity contribution in [3.05, 3.63) is 36.5 Å². The Hall–Kier alpha value is -2.50. The number of para-hydroxylation sites is 1. The highest BCUT2D eigenvalue weighted by molar-refractivity contribution is 5.81. The Morgan fingerprint density at radius 1 is 1.20 bits per heavy atom. The largest absolute Gasteiger partial charge is 0.347 e. The van der Waals surface area contributed by atoms with Crippen molar-refractivity contribution < 1.29 is 9.59 Å². The SMILES string of the molecule is O=C(CCn1ccc2ccccc21)N1CCC[C@@H](N2CCNC2=O)C1. The first kappa shape index (κ1) is 16.0. The second-order valence-corrected chi connectivity index (χ2v) is 6.88. The van der Waals surface area contributed by atoms with E-state index in [4.69, 9.17) is 0 Å². The zero-order valence-electron chi connectivity index (χ0n) is 14.4. The topological polar surface area (TPSA) is 57.6 Å². The lowest BCUT2D eigenvalue weighted by atomic mass is 10.0. The summed E-state index contributed by atoms with van der Waals surface area (Å²) < 4.78 is 2.14. The second kappa shape index (κ2) is 6.78. The second-order valence-electron chi connectivity index (χ2n) is 6.88. The molecule has 25 heavy (non-hydrogen) atoms. The van der Waals surface area contributed by atoms with Gasteiger partial charge in [-0.05, 0) is 30.4 Å². The van der Waals surface area contributed by atoms with Gasteiger partial charge in [-0.25, -0.2) is 4.79 Å². The van der Waals surface area contributed by atoms with Gasteiger partial charge < -0.3 is 19.7 Å². The molecule has 1 aromatic heterocycles. The lowest BCUT2D eigenvalue weighted by molar-refractivity contribution is -0.133. The fourth-order valence-electron chi connectivity index (χ4n) is 3.98. The zero-order chi connectivity index (χ0) is 17.2. The highest BCUT2D eigenvalue weighted by Crippen LogP contribution is 2.19. The van der Waals surface area contributed by atoms with Crippen molar-refractivity contribution in [1.82, 2.24) is 19.7 Å². The maximum Gasteiger partial charge on any atom is 0.317 e. The summed E-state index contributed by atoms with van der Waals surface area (Å²) in [7, 11) is 0. The molecule has 2 aliphatic heterocycles. The zero-order valence-corrected chi connectivity index (χ0v) is 14.4. The third kappa shape index (κ3) is 3.21. The Bertz CT molecular complexity index is 785. The molecule has 0 radical (unpaired) electrons. The van der Waals surface area contributed by atoms with Crippen LogP contribution < -0.4 is 5.32 Å². The molecule has 0 spiro atoms. The number of fused-ring (bicyclic) bond motifs is 1. The van der Waals surface area contributed by atoms with Crippen molar-refractivity contribution in [1.29, 1.82) is 0 Å².